The van der Waals surface area contributed by atoms with E-state index in [1.54, 1.807) is 91.1 Å². The highest BCUT2D eigenvalue weighted by Gasteiger charge is 2.33. The molecule has 14 N–H and O–H groups in total. The first-order chi connectivity index (χ1) is 38.1. The van der Waals surface area contributed by atoms with Gasteiger partial charge in [0.2, 0.25) is 47.3 Å². The van der Waals surface area contributed by atoms with Gasteiger partial charge >= 0.3 is 11.9 Å². The molecule has 0 aliphatic carbocycles. The minimum absolute atomic E-state index is 0.0342. The summed E-state index contributed by atoms with van der Waals surface area (Å²) in [5, 5.41) is 50.1. The number of aromatic nitrogens is 1. The summed E-state index contributed by atoms with van der Waals surface area (Å²) in [5.41, 5.74) is 9.19. The van der Waals surface area contributed by atoms with E-state index >= 15 is 0 Å². The molecule has 80 heavy (non-hydrogen) atoms. The lowest BCUT2D eigenvalue weighted by Crippen LogP contribution is -2.59. The fourth-order valence-corrected chi connectivity index (χ4v) is 8.51. The number of H-pyrrole nitrogens is 1. The number of rotatable bonds is 30. The van der Waals surface area contributed by atoms with Crippen LogP contribution in [0.3, 0.4) is 0 Å². The van der Waals surface area contributed by atoms with Crippen LogP contribution in [-0.2, 0) is 73.6 Å². The zero-order valence-corrected chi connectivity index (χ0v) is 44.8. The van der Waals surface area contributed by atoms with Gasteiger partial charge in [-0.15, -0.1) is 0 Å². The maximum absolute atomic E-state index is 14.5. The summed E-state index contributed by atoms with van der Waals surface area (Å²) in [4.78, 5) is 137. The molecule has 0 spiro atoms. The van der Waals surface area contributed by atoms with Crippen molar-refractivity contribution in [1.29, 1.82) is 0 Å². The second kappa shape index (κ2) is 30.1. The Morgan fingerprint density at radius 3 is 1.52 bits per heavy atom. The zero-order valence-electron chi connectivity index (χ0n) is 44.8. The number of phenols is 1. The molecule has 23 heteroatoms. The summed E-state index contributed by atoms with van der Waals surface area (Å²) in [6.07, 6.45) is 0.620. The number of para-hydroxylation sites is 1. The van der Waals surface area contributed by atoms with Gasteiger partial charge in [-0.1, -0.05) is 105 Å². The number of nitrogens with two attached hydrogens (primary N) is 1. The van der Waals surface area contributed by atoms with E-state index in [0.29, 0.717) is 39.6 Å². The van der Waals surface area contributed by atoms with Crippen LogP contribution in [0.15, 0.2) is 115 Å². The molecule has 4 aromatic carbocycles. The molecule has 0 unspecified atom stereocenters. The Morgan fingerprint density at radius 2 is 0.963 bits per heavy atom. The van der Waals surface area contributed by atoms with Crippen LogP contribution in [0.25, 0.3) is 10.9 Å². The van der Waals surface area contributed by atoms with Crippen molar-refractivity contribution in [3.8, 4) is 5.75 Å². The highest BCUT2D eigenvalue weighted by Crippen LogP contribution is 2.20. The van der Waals surface area contributed by atoms with Crippen LogP contribution in [0.2, 0.25) is 0 Å². The van der Waals surface area contributed by atoms with E-state index in [1.807, 2.05) is 13.8 Å². The molecule has 23 nitrogen and oxygen atoms in total. The summed E-state index contributed by atoms with van der Waals surface area (Å²) < 4.78 is 0. The molecule has 5 aromatic rings. The smallest absolute Gasteiger partial charge is 0.326 e. The van der Waals surface area contributed by atoms with Gasteiger partial charge in [0.25, 0.3) is 0 Å². The van der Waals surface area contributed by atoms with Crippen LogP contribution in [0.1, 0.15) is 69.2 Å². The molecule has 1 aromatic heterocycles. The van der Waals surface area contributed by atoms with E-state index in [4.69, 9.17) is 5.73 Å². The van der Waals surface area contributed by atoms with Crippen molar-refractivity contribution in [2.75, 3.05) is 6.54 Å². The summed E-state index contributed by atoms with van der Waals surface area (Å²) in [5.74, 6) is -9.23. The first-order valence-electron chi connectivity index (χ1n) is 26.1. The largest absolute Gasteiger partial charge is 0.508 e. The number of carboxylic acid groups (broad SMARTS) is 2. The topological polar surface area (TPSA) is 369 Å². The molecule has 0 fully saturated rings. The number of carboxylic acids is 2. The van der Waals surface area contributed by atoms with Gasteiger partial charge in [0.1, 0.15) is 48.0 Å². The molecule has 0 aliphatic heterocycles. The highest BCUT2D eigenvalue weighted by molar-refractivity contribution is 5.98. The molecule has 1 heterocycles. The molecule has 0 radical (unpaired) electrons. The first kappa shape index (κ1) is 61.7. The van der Waals surface area contributed by atoms with Crippen molar-refractivity contribution in [3.05, 3.63) is 138 Å². The number of carbonyl (C=O) groups excluding carboxylic acids is 8. The molecule has 8 amide bonds. The van der Waals surface area contributed by atoms with Crippen molar-refractivity contribution >= 4 is 70.1 Å². The number of fused-ring (bicyclic) bond motifs is 1. The van der Waals surface area contributed by atoms with E-state index in [9.17, 15) is 63.3 Å². The lowest BCUT2D eigenvalue weighted by atomic mass is 10.0. The number of aliphatic carboxylic acids is 2. The maximum Gasteiger partial charge on any atom is 0.326 e. The molecule has 5 rings (SSSR count). The van der Waals surface area contributed by atoms with Crippen LogP contribution in [-0.4, -0.2) is 134 Å². The van der Waals surface area contributed by atoms with Gasteiger partial charge in [0.05, 0.1) is 12.6 Å². The van der Waals surface area contributed by atoms with Crippen molar-refractivity contribution in [2.45, 2.75) is 121 Å². The second-order valence-corrected chi connectivity index (χ2v) is 19.9. The molecule has 8 atom stereocenters. The number of aromatic hydroxyl groups is 1. The van der Waals surface area contributed by atoms with Gasteiger partial charge in [-0.2, -0.15) is 0 Å². The minimum Gasteiger partial charge on any atom is -0.508 e. The number of hydrogen-bond acceptors (Lipinski definition) is 12. The van der Waals surface area contributed by atoms with Crippen LogP contribution < -0.4 is 48.3 Å². The standard InChI is InChI=1S/C57H70N10O13/c1-32(2)25-41(58)52(74)65-44(26-35-13-7-5-8-14-35)53(75)60-31-48(69)63-43(23-24-49(70)71)54(76)61-33(3)50(72)64-46(29-38-30-59-42-18-12-11-17-40(38)42)56(78)66-45(27-36-15-9-6-10-16-36)55(77)62-34(4)51(73)67-47(57(79)80)28-37-19-21-39(68)22-20-37/h5-22,30,32-34,41,43-47,59,68H,23-29,31,58H2,1-4H3,(H,60,75)(H,61,76)(H,62,77)(H,63,69)(H,64,72)(H,65,74)(H,66,78)(H,67,73)(H,70,71)(H,79,80)/t33-,34-,41-,43-,44-,45-,46-,47-/m0/s1. The average molecular weight is 1100 g/mol. The van der Waals surface area contributed by atoms with Gasteiger partial charge in [0.15, 0.2) is 0 Å². The molecule has 0 saturated carbocycles. The Balaban J connectivity index is 1.30. The Kier molecular flexibility index (Phi) is 23.3. The zero-order chi connectivity index (χ0) is 58.5. The van der Waals surface area contributed by atoms with Gasteiger partial charge in [-0.3, -0.25) is 43.2 Å². The van der Waals surface area contributed by atoms with Gasteiger partial charge in [-0.05, 0) is 73.1 Å². The molecular weight excluding hydrogens is 1030 g/mol. The Labute approximate surface area is 462 Å². The minimum atomic E-state index is -1.54. The van der Waals surface area contributed by atoms with Crippen LogP contribution >= 0.6 is 0 Å². The number of amides is 8. The normalized spacial score (nSPS) is 14.1. The molecule has 426 valence electrons. The molecule has 0 saturated heterocycles. The van der Waals surface area contributed by atoms with E-state index < -0.39 is 127 Å². The quantitative estimate of drug-likeness (QED) is 0.0306. The Hall–Kier alpha value is -9.12. The number of hydrogen-bond donors (Lipinski definition) is 13. The predicted molar refractivity (Wildman–Crippen MR) is 294 cm³/mol. The molecular formula is C57H70N10O13. The monoisotopic (exact) mass is 1100 g/mol. The summed E-state index contributed by atoms with van der Waals surface area (Å²) in [7, 11) is 0. The number of phenolic OH excluding ortho intramolecular Hbond substituents is 1. The fraction of sp³-hybridized carbons (Fsp3) is 0.368. The van der Waals surface area contributed by atoms with E-state index in [2.05, 4.69) is 47.5 Å². The van der Waals surface area contributed by atoms with Gasteiger partial charge in [0, 0.05) is 49.2 Å². The van der Waals surface area contributed by atoms with E-state index in [-0.39, 0.29) is 37.4 Å². The molecule has 0 bridgehead atoms. The highest BCUT2D eigenvalue weighted by atomic mass is 16.4. The third-order valence-corrected chi connectivity index (χ3v) is 12.8. The predicted octanol–water partition coefficient (Wildman–Crippen LogP) is 1.02. The second-order valence-electron chi connectivity index (χ2n) is 19.9. The van der Waals surface area contributed by atoms with Crippen molar-refractivity contribution in [2.24, 2.45) is 11.7 Å². The third kappa shape index (κ3) is 19.7. The number of benzene rings is 4. The number of aromatic amines is 1. The van der Waals surface area contributed by atoms with Crippen LogP contribution in [0.5, 0.6) is 5.75 Å². The molecule has 0 aliphatic rings. The summed E-state index contributed by atoms with van der Waals surface area (Å²) in [6.45, 7) is 5.70. The SMILES string of the molecule is CC(C)C[C@H](N)C(=O)N[C@@H](Cc1ccccc1)C(=O)NCC(=O)N[C@@H](CCC(=O)O)C(=O)N[C@@H](C)C(=O)N[C@@H](Cc1c[nH]c2ccccc12)C(=O)N[C@@H](Cc1ccccc1)C(=O)N[C@@H](C)C(=O)N[C@@H](Cc1ccc(O)cc1)C(=O)O. The maximum atomic E-state index is 14.5. The van der Waals surface area contributed by atoms with E-state index in [1.165, 1.54) is 38.1 Å². The third-order valence-electron chi connectivity index (χ3n) is 12.8. The van der Waals surface area contributed by atoms with Crippen LogP contribution in [0.4, 0.5) is 0 Å². The Bertz CT molecular complexity index is 2950. The average Bonchev–Trinajstić information content (AvgIpc) is 3.84. The van der Waals surface area contributed by atoms with Crippen LogP contribution in [0, 0.1) is 5.92 Å². The van der Waals surface area contributed by atoms with E-state index in [0.717, 1.165) is 0 Å². The lowest BCUT2D eigenvalue weighted by Gasteiger charge is -2.26. The van der Waals surface area contributed by atoms with Crippen molar-refractivity contribution in [3.63, 3.8) is 0 Å². The lowest BCUT2D eigenvalue weighted by molar-refractivity contribution is -0.142. The Morgan fingerprint density at radius 1 is 0.500 bits per heavy atom. The number of nitrogens with one attached hydrogen (secondary N) is 9. The number of carbonyl (C=O) groups is 10. The van der Waals surface area contributed by atoms with Gasteiger partial charge in [-0.25, -0.2) is 4.79 Å². The summed E-state index contributed by atoms with van der Waals surface area (Å²) >= 11 is 0. The first-order valence-corrected chi connectivity index (χ1v) is 26.1. The van der Waals surface area contributed by atoms with Crippen molar-refractivity contribution in [1.82, 2.24) is 47.5 Å². The van der Waals surface area contributed by atoms with Crippen molar-refractivity contribution < 1.29 is 63.3 Å². The summed E-state index contributed by atoms with van der Waals surface area (Å²) in [6, 6.07) is 19.7. The van der Waals surface area contributed by atoms with Gasteiger partial charge < -0.3 is 68.6 Å². The fourth-order valence-electron chi connectivity index (χ4n) is 8.51.